The number of carbonyl (C=O) groups is 2. The first-order chi connectivity index (χ1) is 18.8. The topological polar surface area (TPSA) is 195 Å². The van der Waals surface area contributed by atoms with Crippen LogP contribution in [-0.4, -0.2) is 63.6 Å². The second-order valence-corrected chi connectivity index (χ2v) is 8.90. The fraction of sp³-hybridized carbons (Fsp3) is 0.435. The number of carbonyl (C=O) groups excluding carboxylic acids is 2. The molecule has 3 aromatic rings. The molecule has 0 aliphatic carbocycles. The molecule has 2 aromatic heterocycles. The van der Waals surface area contributed by atoms with E-state index in [0.717, 1.165) is 36.3 Å². The van der Waals surface area contributed by atoms with Gasteiger partial charge in [-0.2, -0.15) is 13.2 Å². The molecule has 40 heavy (non-hydrogen) atoms. The maximum Gasteiger partial charge on any atom is 0.430 e. The number of aliphatic hydroxyl groups excluding tert-OH is 1. The molecular formula is C23H27ClF3N7O6. The number of aliphatic hydroxyl groups is 1. The van der Waals surface area contributed by atoms with E-state index in [4.69, 9.17) is 47.5 Å². The Morgan fingerprint density at radius 2 is 2.02 bits per heavy atom. The van der Waals surface area contributed by atoms with E-state index in [1.54, 1.807) is 0 Å². The fourth-order valence-electron chi connectivity index (χ4n) is 3.98. The molecule has 1 aliphatic heterocycles. The average molecular weight is 590 g/mol. The van der Waals surface area contributed by atoms with Crippen LogP contribution in [0.15, 0.2) is 18.2 Å². The maximum absolute atomic E-state index is 12.8. The van der Waals surface area contributed by atoms with Crippen molar-refractivity contribution in [2.24, 2.45) is 7.05 Å². The van der Waals surface area contributed by atoms with Crippen molar-refractivity contribution >= 4 is 46.1 Å². The van der Waals surface area contributed by atoms with Crippen LogP contribution < -0.4 is 31.2 Å². The molecule has 1 saturated heterocycles. The van der Waals surface area contributed by atoms with Gasteiger partial charge in [0, 0.05) is 12.7 Å². The highest BCUT2D eigenvalue weighted by Crippen LogP contribution is 2.24. The Hall–Kier alpha value is -3.89. The normalized spacial score (nSPS) is 15.0. The van der Waals surface area contributed by atoms with Crippen molar-refractivity contribution in [3.63, 3.8) is 0 Å². The first-order valence-corrected chi connectivity index (χ1v) is 12.2. The zero-order chi connectivity index (χ0) is 29.6. The molecule has 0 unspecified atom stereocenters. The monoisotopic (exact) mass is 589 g/mol. The van der Waals surface area contributed by atoms with Gasteiger partial charge in [-0.3, -0.25) is 4.79 Å². The molecule has 1 atom stereocenters. The van der Waals surface area contributed by atoms with Gasteiger partial charge in [0.25, 0.3) is 11.7 Å². The predicted molar refractivity (Wildman–Crippen MR) is 133 cm³/mol. The third-order valence-corrected chi connectivity index (χ3v) is 6.10. The number of nitrogen functional groups attached to an aromatic ring is 2. The van der Waals surface area contributed by atoms with E-state index in [0.29, 0.717) is 12.3 Å². The number of halogens is 4. The lowest BCUT2D eigenvalue weighted by Crippen LogP contribution is -2.38. The number of benzene rings is 1. The number of nitrogens with zero attached hydrogens (tertiary/aromatic N) is 4. The van der Waals surface area contributed by atoms with Crippen LogP contribution in [0.3, 0.4) is 0 Å². The Morgan fingerprint density at radius 3 is 2.62 bits per heavy atom. The summed E-state index contributed by atoms with van der Waals surface area (Å²) in [6.45, 7) is 1.71. The van der Waals surface area contributed by atoms with Gasteiger partial charge in [0.15, 0.2) is 33.5 Å². The Kier molecular flexibility index (Phi) is 9.94. The van der Waals surface area contributed by atoms with Gasteiger partial charge in [0.2, 0.25) is 0 Å². The van der Waals surface area contributed by atoms with Gasteiger partial charge in [-0.05, 0) is 25.0 Å². The summed E-state index contributed by atoms with van der Waals surface area (Å²) in [5.74, 6) is -2.15. The molecule has 218 valence electrons. The number of imidazole rings is 1. The van der Waals surface area contributed by atoms with Gasteiger partial charge < -0.3 is 41.3 Å². The first kappa shape index (κ1) is 30.6. The van der Waals surface area contributed by atoms with Crippen LogP contribution in [-0.2, 0) is 29.7 Å². The summed E-state index contributed by atoms with van der Waals surface area (Å²) >= 11 is 5.91. The minimum Gasteiger partial charge on any atom is -0.542 e. The largest absolute Gasteiger partial charge is 0.542 e. The number of aliphatic carboxylic acids is 1. The van der Waals surface area contributed by atoms with Crippen molar-refractivity contribution in [2.75, 3.05) is 31.3 Å². The van der Waals surface area contributed by atoms with Crippen molar-refractivity contribution < 1.29 is 47.0 Å². The van der Waals surface area contributed by atoms with Crippen LogP contribution in [0.25, 0.3) is 11.0 Å². The summed E-state index contributed by atoms with van der Waals surface area (Å²) in [5.41, 5.74) is 13.2. The number of nitrogens with one attached hydrogen (secondary N) is 1. The quantitative estimate of drug-likeness (QED) is 0.257. The summed E-state index contributed by atoms with van der Waals surface area (Å²) in [5, 5.41) is 20.6. The van der Waals surface area contributed by atoms with Crippen molar-refractivity contribution in [2.45, 2.75) is 38.2 Å². The van der Waals surface area contributed by atoms with E-state index in [2.05, 4.69) is 19.9 Å². The molecule has 13 nitrogen and oxygen atoms in total. The number of aromatic nitrogens is 4. The van der Waals surface area contributed by atoms with E-state index < -0.39 is 18.1 Å². The standard InChI is InChI=1S/C21H26ClN7O4.C2HF3O2/c1-28-14-5-4-12(33-8-6-30)9-15(14)29(11-13-3-2-7-32-13)16(28)10-25-21(31)17-19(23)27-20(24)18(22)26-17;3-2(4,5)1(6)7/h4-5,9,13,30H,2-3,6-8,10-11H2,1H3,(H4-,23,24,25,27,31);(H,6,7)/t13-;/m0./s1. The summed E-state index contributed by atoms with van der Waals surface area (Å²) < 4.78 is 47.1. The molecule has 17 heteroatoms. The number of alkyl halides is 3. The smallest absolute Gasteiger partial charge is 0.430 e. The van der Waals surface area contributed by atoms with E-state index in [1.165, 1.54) is 0 Å². The van der Waals surface area contributed by atoms with E-state index in [-0.39, 0.29) is 48.3 Å². The highest BCUT2D eigenvalue weighted by atomic mass is 35.5. The number of aryl methyl sites for hydroxylation is 1. The van der Waals surface area contributed by atoms with Crippen LogP contribution >= 0.6 is 11.6 Å². The highest BCUT2D eigenvalue weighted by Gasteiger charge is 2.29. The second-order valence-electron chi connectivity index (χ2n) is 8.54. The summed E-state index contributed by atoms with van der Waals surface area (Å²) in [6.07, 6.45) is -3.14. The number of anilines is 2. The predicted octanol–water partition coefficient (Wildman–Crippen LogP) is -0.148. The van der Waals surface area contributed by atoms with E-state index in [1.807, 2.05) is 29.8 Å². The van der Waals surface area contributed by atoms with Crippen molar-refractivity contribution in [3.8, 4) is 5.75 Å². The lowest BCUT2D eigenvalue weighted by Gasteiger charge is -2.11. The lowest BCUT2D eigenvalue weighted by atomic mass is 10.2. The number of fused-ring (bicyclic) bond motifs is 1. The number of ether oxygens (including phenoxy) is 2. The van der Waals surface area contributed by atoms with Crippen LogP contribution in [0.5, 0.6) is 5.75 Å². The molecule has 4 rings (SSSR count). The van der Waals surface area contributed by atoms with Crippen molar-refractivity contribution in [1.29, 1.82) is 0 Å². The summed E-state index contributed by atoms with van der Waals surface area (Å²) in [6, 6.07) is 5.72. The number of rotatable bonds is 8. The number of carboxylic acids is 1. The zero-order valence-electron chi connectivity index (χ0n) is 21.2. The minimum atomic E-state index is -5.19. The van der Waals surface area contributed by atoms with Gasteiger partial charge >= 0.3 is 6.18 Å². The molecular weight excluding hydrogens is 563 g/mol. The zero-order valence-corrected chi connectivity index (χ0v) is 22.0. The number of hydrogen-bond donors (Lipinski definition) is 4. The number of hydrogen-bond acceptors (Lipinski definition) is 10. The molecule has 1 aliphatic rings. The molecule has 0 saturated carbocycles. The van der Waals surface area contributed by atoms with Gasteiger partial charge in [-0.25, -0.2) is 19.1 Å². The lowest BCUT2D eigenvalue weighted by molar-refractivity contribution is -0.654. The fourth-order valence-corrected chi connectivity index (χ4v) is 4.10. The first-order valence-electron chi connectivity index (χ1n) is 11.8. The molecule has 1 fully saturated rings. The Balaban J connectivity index is 0.000000559. The number of amides is 1. The van der Waals surface area contributed by atoms with E-state index >= 15 is 0 Å². The van der Waals surface area contributed by atoms with E-state index in [9.17, 15) is 18.0 Å². The summed E-state index contributed by atoms with van der Waals surface area (Å²) in [4.78, 5) is 29.4. The van der Waals surface area contributed by atoms with Crippen LogP contribution in [0.2, 0.25) is 5.15 Å². The van der Waals surface area contributed by atoms with Crippen molar-refractivity contribution in [3.05, 3.63) is 34.9 Å². The molecule has 0 spiro atoms. The molecule has 1 amide bonds. The third-order valence-electron chi connectivity index (χ3n) is 5.83. The van der Waals surface area contributed by atoms with Crippen molar-refractivity contribution in [1.82, 2.24) is 19.9 Å². The second kappa shape index (κ2) is 13.0. The molecule has 6 N–H and O–H groups in total. The Bertz CT molecular complexity index is 1380. The van der Waals surface area contributed by atoms with Crippen LogP contribution in [0, 0.1) is 0 Å². The van der Waals surface area contributed by atoms with Gasteiger partial charge in [-0.15, -0.1) is 0 Å². The van der Waals surface area contributed by atoms with Gasteiger partial charge in [-0.1, -0.05) is 11.6 Å². The summed E-state index contributed by atoms with van der Waals surface area (Å²) in [7, 11) is 1.93. The van der Waals surface area contributed by atoms with Crippen LogP contribution in [0.4, 0.5) is 24.8 Å². The molecule has 1 aromatic carbocycles. The maximum atomic E-state index is 12.8. The molecule has 0 radical (unpaired) electrons. The average Bonchev–Trinajstić information content (AvgIpc) is 3.50. The SMILES string of the molecule is C[n+]1c(CNC(=O)c2nc(Cl)c(N)nc2N)n(C[C@@H]2CCCO2)c2cc(OCCO)ccc21.O=C([O-])C(F)(F)F. The highest BCUT2D eigenvalue weighted by molar-refractivity contribution is 6.31. The molecule has 0 bridgehead atoms. The Morgan fingerprint density at radius 1 is 1.32 bits per heavy atom. The van der Waals surface area contributed by atoms with Crippen LogP contribution in [0.1, 0.15) is 29.2 Å². The van der Waals surface area contributed by atoms with Gasteiger partial charge in [0.1, 0.15) is 31.4 Å². The number of carboxylic acid groups (broad SMARTS) is 1. The molecule has 3 heterocycles. The van der Waals surface area contributed by atoms with Gasteiger partial charge in [0.05, 0.1) is 19.8 Å². The Labute approximate surface area is 230 Å². The third kappa shape index (κ3) is 7.40. The number of nitrogens with two attached hydrogens (primary N) is 2. The minimum absolute atomic E-state index is 0.0342.